The lowest BCUT2D eigenvalue weighted by atomic mass is 10.1. The molecule has 2 aromatic heterocycles. The summed E-state index contributed by atoms with van der Waals surface area (Å²) in [4.78, 5) is 31.9. The van der Waals surface area contributed by atoms with Crippen LogP contribution >= 0.6 is 0 Å². The molecule has 0 saturated carbocycles. The number of amides is 2. The zero-order valence-electron chi connectivity index (χ0n) is 30.4. The molecule has 2 aliphatic heterocycles. The summed E-state index contributed by atoms with van der Waals surface area (Å²) < 4.78 is 69.7. The van der Waals surface area contributed by atoms with E-state index in [0.717, 1.165) is 0 Å². The largest absolute Gasteiger partial charge is 0.444 e. The summed E-state index contributed by atoms with van der Waals surface area (Å²) in [6.45, 7) is 19.0. The van der Waals surface area contributed by atoms with Crippen LogP contribution in [0.4, 0.5) is 15.3 Å². The molecule has 2 fully saturated rings. The van der Waals surface area contributed by atoms with Gasteiger partial charge in [-0.2, -0.15) is 25.4 Å². The maximum Gasteiger partial charge on any atom is 0.410 e. The second kappa shape index (κ2) is 15.2. The Labute approximate surface area is 291 Å². The van der Waals surface area contributed by atoms with Crippen LogP contribution in [0.25, 0.3) is 0 Å². The van der Waals surface area contributed by atoms with E-state index in [4.69, 9.17) is 9.47 Å². The minimum Gasteiger partial charge on any atom is -0.444 e. The molecule has 49 heavy (non-hydrogen) atoms. The molecule has 0 aromatic carbocycles. The molecular formula is C31H53N8O8S2+. The average Bonchev–Trinajstić information content (AvgIpc) is 3.38. The van der Waals surface area contributed by atoms with Crippen LogP contribution in [0.1, 0.15) is 69.2 Å². The van der Waals surface area contributed by atoms with Crippen molar-refractivity contribution < 1.29 is 40.5 Å². The lowest BCUT2D eigenvalue weighted by Crippen LogP contribution is -2.61. The lowest BCUT2D eigenvalue weighted by Gasteiger charge is -2.43. The van der Waals surface area contributed by atoms with Gasteiger partial charge in [0, 0.05) is 56.5 Å². The van der Waals surface area contributed by atoms with Gasteiger partial charge in [-0.25, -0.2) is 14.2 Å². The summed E-state index contributed by atoms with van der Waals surface area (Å²) >= 11 is 0. The van der Waals surface area contributed by atoms with Gasteiger partial charge in [0.05, 0.1) is 18.9 Å². The maximum absolute atomic E-state index is 12.7. The van der Waals surface area contributed by atoms with E-state index in [1.54, 1.807) is 66.7 Å². The third kappa shape index (κ3) is 10.8. The zero-order chi connectivity index (χ0) is 37.1. The molecule has 4 heterocycles. The monoisotopic (exact) mass is 729 g/mol. The Morgan fingerprint density at radius 1 is 0.816 bits per heavy atom. The number of rotatable bonds is 5. The SMILES string of the molecule is C[C@@H]1CN(S(=O)(=O)Nc2cccnc2)C[C@H](C)N1C(=O)OC(C)(C)C.C[C@@H]1CN(S(=O)(=O)n2cc[n+](C)c2)C[C@H](C)N1C(=O)OC(C)(C)C. The van der Waals surface area contributed by atoms with Gasteiger partial charge in [-0.3, -0.25) is 9.71 Å². The van der Waals surface area contributed by atoms with Crippen LogP contribution in [0.3, 0.4) is 0 Å². The molecule has 0 bridgehead atoms. The van der Waals surface area contributed by atoms with E-state index in [1.165, 1.54) is 31.3 Å². The van der Waals surface area contributed by atoms with Crippen LogP contribution < -0.4 is 9.29 Å². The fraction of sp³-hybridized carbons (Fsp3) is 0.677. The molecule has 0 aliphatic carbocycles. The molecule has 0 radical (unpaired) electrons. The number of imidazole rings is 1. The number of aryl methyl sites for hydroxylation is 1. The van der Waals surface area contributed by atoms with Gasteiger partial charge < -0.3 is 19.3 Å². The first-order valence-corrected chi connectivity index (χ1v) is 19.0. The first-order valence-electron chi connectivity index (χ1n) is 16.2. The number of aromatic nitrogens is 3. The van der Waals surface area contributed by atoms with Gasteiger partial charge in [0.1, 0.15) is 23.6 Å². The van der Waals surface area contributed by atoms with E-state index in [-0.39, 0.29) is 50.3 Å². The van der Waals surface area contributed by atoms with Crippen molar-refractivity contribution in [1.82, 2.24) is 27.4 Å². The highest BCUT2D eigenvalue weighted by atomic mass is 32.2. The number of hydrogen-bond donors (Lipinski definition) is 1. The number of anilines is 1. The van der Waals surface area contributed by atoms with Crippen molar-refractivity contribution in [2.45, 2.75) is 105 Å². The lowest BCUT2D eigenvalue weighted by molar-refractivity contribution is -0.670. The van der Waals surface area contributed by atoms with Crippen molar-refractivity contribution in [3.63, 3.8) is 0 Å². The van der Waals surface area contributed by atoms with Crippen LogP contribution in [0.5, 0.6) is 0 Å². The van der Waals surface area contributed by atoms with Crippen molar-refractivity contribution in [2.24, 2.45) is 7.05 Å². The van der Waals surface area contributed by atoms with Crippen LogP contribution in [0.15, 0.2) is 43.2 Å². The minimum atomic E-state index is -3.72. The Kier molecular flexibility index (Phi) is 12.4. The third-order valence-corrected chi connectivity index (χ3v) is 10.7. The summed E-state index contributed by atoms with van der Waals surface area (Å²) in [7, 11) is -5.60. The number of ether oxygens (including phenoxy) is 2. The standard InChI is InChI=1S/C16H26N4O4S.C15H27N4O4S/c1-12-10-19(25(22,23)18-14-7-6-8-17-9-14)11-13(2)20(12)15(21)24-16(3,4)5;1-12-9-18(24(21,22)17-8-7-16(6)11-17)10-13(2)19(12)14(20)23-15(3,4)5/h6-9,12-13,18H,10-11H2,1-5H3;7-8,11-13H,9-10H2,1-6H3/q;+1/t2*12-,13+. The van der Waals surface area contributed by atoms with Crippen molar-refractivity contribution in [3.05, 3.63) is 43.2 Å². The quantitative estimate of drug-likeness (QED) is 0.456. The maximum atomic E-state index is 12.7. The number of carbonyl (C=O) groups is 2. The molecule has 2 aliphatic rings. The summed E-state index contributed by atoms with van der Waals surface area (Å²) in [5, 5.41) is 0. The smallest absolute Gasteiger partial charge is 0.410 e. The highest BCUT2D eigenvalue weighted by Crippen LogP contribution is 2.24. The molecule has 4 rings (SSSR count). The highest BCUT2D eigenvalue weighted by Gasteiger charge is 2.42. The van der Waals surface area contributed by atoms with Gasteiger partial charge in [0.2, 0.25) is 0 Å². The number of piperazine rings is 2. The van der Waals surface area contributed by atoms with Gasteiger partial charge in [0.15, 0.2) is 0 Å². The summed E-state index contributed by atoms with van der Waals surface area (Å²) in [6, 6.07) is 2.14. The van der Waals surface area contributed by atoms with Gasteiger partial charge in [-0.05, 0) is 81.4 Å². The van der Waals surface area contributed by atoms with Crippen LogP contribution in [-0.2, 0) is 36.9 Å². The normalized spacial score (nSPS) is 22.9. The van der Waals surface area contributed by atoms with Gasteiger partial charge >= 0.3 is 32.6 Å². The molecule has 2 amide bonds. The molecule has 18 heteroatoms. The van der Waals surface area contributed by atoms with E-state index >= 15 is 0 Å². The molecule has 0 spiro atoms. The second-order valence-corrected chi connectivity index (χ2v) is 18.1. The van der Waals surface area contributed by atoms with E-state index in [0.29, 0.717) is 5.69 Å². The predicted molar refractivity (Wildman–Crippen MR) is 184 cm³/mol. The van der Waals surface area contributed by atoms with E-state index < -0.39 is 43.8 Å². The predicted octanol–water partition coefficient (Wildman–Crippen LogP) is 2.80. The first-order chi connectivity index (χ1) is 22.4. The van der Waals surface area contributed by atoms with Crippen LogP contribution in [-0.4, -0.2) is 118 Å². The van der Waals surface area contributed by atoms with E-state index in [1.807, 2.05) is 48.5 Å². The highest BCUT2D eigenvalue weighted by molar-refractivity contribution is 7.90. The van der Waals surface area contributed by atoms with Gasteiger partial charge in [-0.1, -0.05) is 0 Å². The molecule has 276 valence electrons. The Bertz CT molecular complexity index is 1630. The molecule has 4 atom stereocenters. The minimum absolute atomic E-state index is 0.194. The van der Waals surface area contributed by atoms with E-state index in [9.17, 15) is 26.4 Å². The number of hydrogen-bond acceptors (Lipinski definition) is 9. The number of nitrogens with zero attached hydrogens (tertiary/aromatic N) is 7. The van der Waals surface area contributed by atoms with E-state index in [2.05, 4.69) is 9.71 Å². The third-order valence-electron chi connectivity index (χ3n) is 7.57. The molecule has 2 saturated heterocycles. The Morgan fingerprint density at radius 3 is 1.63 bits per heavy atom. The Hall–Kier alpha value is -3.48. The first kappa shape index (κ1) is 40.0. The average molecular weight is 730 g/mol. The number of carbonyl (C=O) groups excluding carboxylic acids is 2. The fourth-order valence-corrected chi connectivity index (χ4v) is 8.54. The summed E-state index contributed by atoms with van der Waals surface area (Å²) in [5.41, 5.74) is -0.779. The van der Waals surface area contributed by atoms with Crippen molar-refractivity contribution >= 4 is 38.3 Å². The van der Waals surface area contributed by atoms with Crippen molar-refractivity contribution in [2.75, 3.05) is 30.9 Å². The van der Waals surface area contributed by atoms with Crippen molar-refractivity contribution in [3.8, 4) is 0 Å². The fourth-order valence-electron chi connectivity index (χ4n) is 5.62. The van der Waals surface area contributed by atoms with Gasteiger partial charge in [0.25, 0.3) is 6.33 Å². The molecule has 1 N–H and O–H groups in total. The molecule has 0 unspecified atom stereocenters. The Balaban J connectivity index is 0.000000266. The van der Waals surface area contributed by atoms with Crippen molar-refractivity contribution in [1.29, 1.82) is 0 Å². The van der Waals surface area contributed by atoms with Crippen LogP contribution in [0, 0.1) is 0 Å². The number of pyridine rings is 1. The van der Waals surface area contributed by atoms with Gasteiger partial charge in [-0.15, -0.1) is 3.97 Å². The molecule has 16 nitrogen and oxygen atoms in total. The van der Waals surface area contributed by atoms with Crippen LogP contribution in [0.2, 0.25) is 0 Å². The summed E-state index contributed by atoms with van der Waals surface area (Å²) in [5.74, 6) is 0. The number of nitrogens with one attached hydrogen (secondary N) is 1. The molecular weight excluding hydrogens is 677 g/mol. The second-order valence-electron chi connectivity index (χ2n) is 14.6. The summed E-state index contributed by atoms with van der Waals surface area (Å²) in [6.07, 6.45) is 6.86. The zero-order valence-corrected chi connectivity index (χ0v) is 32.0. The topological polar surface area (TPSA) is 168 Å². The molecule has 2 aromatic rings. The Morgan fingerprint density at radius 2 is 1.27 bits per heavy atom.